The topological polar surface area (TPSA) is 188 Å². The van der Waals surface area contributed by atoms with E-state index in [0.29, 0.717) is 13.0 Å². The lowest BCUT2D eigenvalue weighted by Gasteiger charge is -2.25. The van der Waals surface area contributed by atoms with Crippen LogP contribution in [0.25, 0.3) is 0 Å². The highest BCUT2D eigenvalue weighted by Crippen LogP contribution is 2.19. The molecular formula is C22H31N3O9S. The molecule has 35 heavy (non-hydrogen) atoms. The van der Waals surface area contributed by atoms with Crippen LogP contribution in [0.4, 0.5) is 4.79 Å². The number of rotatable bonds is 12. The Morgan fingerprint density at radius 1 is 1.14 bits per heavy atom. The summed E-state index contributed by atoms with van der Waals surface area (Å²) in [6, 6.07) is 6.09. The van der Waals surface area contributed by atoms with Gasteiger partial charge in [0, 0.05) is 12.5 Å². The van der Waals surface area contributed by atoms with Crippen molar-refractivity contribution in [2.75, 3.05) is 6.54 Å². The number of Topliss-reactive ketones (excluding diaryl/α,β-unsaturated/α-hetero) is 1. The highest BCUT2D eigenvalue weighted by atomic mass is 32.2. The van der Waals surface area contributed by atoms with E-state index in [9.17, 15) is 32.7 Å². The summed E-state index contributed by atoms with van der Waals surface area (Å²) in [7, 11) is -5.16. The lowest BCUT2D eigenvalue weighted by Crippen LogP contribution is -2.55. The number of ether oxygens (including phenoxy) is 1. The largest absolute Gasteiger partial charge is 0.445 e. The number of nitrogens with one attached hydrogen (secondary N) is 3. The fourth-order valence-electron chi connectivity index (χ4n) is 3.60. The molecule has 1 heterocycles. The van der Waals surface area contributed by atoms with Gasteiger partial charge in [0.15, 0.2) is 0 Å². The molecule has 1 fully saturated rings. The smallest absolute Gasteiger partial charge is 0.408 e. The van der Waals surface area contributed by atoms with Gasteiger partial charge in [-0.3, -0.25) is 18.9 Å². The Hall–Kier alpha value is -3.03. The van der Waals surface area contributed by atoms with E-state index in [0.717, 1.165) is 5.56 Å². The second-order valence-corrected chi connectivity index (χ2v) is 10.2. The van der Waals surface area contributed by atoms with E-state index in [1.165, 1.54) is 0 Å². The molecule has 0 aromatic heterocycles. The van der Waals surface area contributed by atoms with E-state index in [1.54, 1.807) is 44.2 Å². The number of alkyl carbamates (subject to hydrolysis) is 1. The normalized spacial score (nSPS) is 18.3. The van der Waals surface area contributed by atoms with Crippen molar-refractivity contribution in [3.63, 3.8) is 0 Å². The van der Waals surface area contributed by atoms with Gasteiger partial charge in [-0.15, -0.1) is 0 Å². The Bertz CT molecular complexity index is 1010. The van der Waals surface area contributed by atoms with Gasteiger partial charge in [0.2, 0.25) is 23.0 Å². The number of benzene rings is 1. The van der Waals surface area contributed by atoms with Gasteiger partial charge in [0.25, 0.3) is 10.1 Å². The first-order valence-corrected chi connectivity index (χ1v) is 12.6. The molecule has 0 bridgehead atoms. The Labute approximate surface area is 203 Å². The maximum atomic E-state index is 13.0. The van der Waals surface area contributed by atoms with Crippen molar-refractivity contribution in [1.29, 1.82) is 0 Å². The third-order valence-electron chi connectivity index (χ3n) is 5.40. The first kappa shape index (κ1) is 28.2. The van der Waals surface area contributed by atoms with Gasteiger partial charge < -0.3 is 25.8 Å². The number of aliphatic hydroxyl groups is 1. The average molecular weight is 514 g/mol. The highest BCUT2D eigenvalue weighted by Gasteiger charge is 2.39. The van der Waals surface area contributed by atoms with Crippen LogP contribution in [0, 0.1) is 11.8 Å². The van der Waals surface area contributed by atoms with Crippen molar-refractivity contribution in [1.82, 2.24) is 16.0 Å². The molecule has 194 valence electrons. The van der Waals surface area contributed by atoms with E-state index < -0.39 is 51.3 Å². The van der Waals surface area contributed by atoms with Crippen LogP contribution in [-0.2, 0) is 35.8 Å². The zero-order valence-corrected chi connectivity index (χ0v) is 20.3. The van der Waals surface area contributed by atoms with Crippen LogP contribution < -0.4 is 16.0 Å². The van der Waals surface area contributed by atoms with Gasteiger partial charge in [-0.05, 0) is 30.7 Å². The maximum absolute atomic E-state index is 13.0. The van der Waals surface area contributed by atoms with Crippen LogP contribution in [0.1, 0.15) is 38.7 Å². The number of carbonyl (C=O) groups is 4. The molecule has 1 aliphatic rings. The number of aliphatic hydroxyl groups excluding tert-OH is 1. The van der Waals surface area contributed by atoms with E-state index in [4.69, 9.17) is 9.29 Å². The number of hydrogen-bond acceptors (Lipinski definition) is 8. The van der Waals surface area contributed by atoms with Gasteiger partial charge in [0.1, 0.15) is 12.6 Å². The van der Waals surface area contributed by atoms with Crippen molar-refractivity contribution in [2.24, 2.45) is 11.8 Å². The first-order chi connectivity index (χ1) is 16.4. The number of carbonyl (C=O) groups excluding carboxylic acids is 4. The van der Waals surface area contributed by atoms with Crippen molar-refractivity contribution in [3.05, 3.63) is 35.9 Å². The SMILES string of the molecule is CC(C)C[C@H](NC(=O)OCc1ccccc1)C(=O)N[C@@H](C[C@H]1CCNC1=O)C(=O)C(O)S(=O)(=O)O. The second-order valence-electron chi connectivity index (χ2n) is 8.73. The Morgan fingerprint density at radius 3 is 2.34 bits per heavy atom. The minimum absolute atomic E-state index is 0.0405. The monoisotopic (exact) mass is 513 g/mol. The number of ketones is 1. The molecule has 3 amide bonds. The van der Waals surface area contributed by atoms with Crippen LogP contribution in [0.5, 0.6) is 0 Å². The summed E-state index contributed by atoms with van der Waals surface area (Å²) < 4.78 is 36.8. The highest BCUT2D eigenvalue weighted by molar-refractivity contribution is 7.87. The molecule has 5 N–H and O–H groups in total. The summed E-state index contributed by atoms with van der Waals surface area (Å²) in [5, 5.41) is 17.1. The van der Waals surface area contributed by atoms with Crippen molar-refractivity contribution < 1.29 is 42.0 Å². The summed E-state index contributed by atoms with van der Waals surface area (Å²) in [6.45, 7) is 3.89. The van der Waals surface area contributed by atoms with Gasteiger partial charge in [-0.2, -0.15) is 8.42 Å². The van der Waals surface area contributed by atoms with Crippen LogP contribution >= 0.6 is 0 Å². The molecule has 1 aromatic rings. The van der Waals surface area contributed by atoms with Gasteiger partial charge in [0.05, 0.1) is 6.04 Å². The molecule has 2 rings (SSSR count). The lowest BCUT2D eigenvalue weighted by molar-refractivity contribution is -0.132. The third kappa shape index (κ3) is 8.92. The minimum atomic E-state index is -5.16. The Morgan fingerprint density at radius 2 is 1.80 bits per heavy atom. The van der Waals surface area contributed by atoms with E-state index >= 15 is 0 Å². The number of amides is 3. The first-order valence-electron chi connectivity index (χ1n) is 11.1. The van der Waals surface area contributed by atoms with Crippen molar-refractivity contribution in [2.45, 2.75) is 57.2 Å². The molecule has 12 nitrogen and oxygen atoms in total. The summed E-state index contributed by atoms with van der Waals surface area (Å²) >= 11 is 0. The molecule has 1 aliphatic heterocycles. The Kier molecular flexibility index (Phi) is 10.2. The van der Waals surface area contributed by atoms with Gasteiger partial charge in [-0.1, -0.05) is 44.2 Å². The van der Waals surface area contributed by atoms with Crippen LogP contribution in [0.15, 0.2) is 30.3 Å². The standard InChI is InChI=1S/C22H31N3O9S/c1-13(2)10-17(25-22(30)34-12-14-6-4-3-5-7-14)20(28)24-16(11-15-8-9-23-19(15)27)18(26)21(29)35(31,32)33/h3-7,13,15-17,21,29H,8-12H2,1-2H3,(H,23,27)(H,24,28)(H,25,30)(H,31,32,33)/t15-,16+,17+,21?/m1/s1. The van der Waals surface area contributed by atoms with Crippen LogP contribution in [-0.4, -0.2) is 65.8 Å². The fourth-order valence-corrected chi connectivity index (χ4v) is 4.06. The van der Waals surface area contributed by atoms with E-state index in [1.807, 2.05) is 0 Å². The molecule has 0 spiro atoms. The van der Waals surface area contributed by atoms with Crippen LogP contribution in [0.2, 0.25) is 0 Å². The Balaban J connectivity index is 2.13. The van der Waals surface area contributed by atoms with Crippen molar-refractivity contribution >= 4 is 33.8 Å². The van der Waals surface area contributed by atoms with Crippen LogP contribution in [0.3, 0.4) is 0 Å². The molecule has 4 atom stereocenters. The predicted molar refractivity (Wildman–Crippen MR) is 123 cm³/mol. The van der Waals surface area contributed by atoms with Gasteiger partial charge >= 0.3 is 6.09 Å². The molecule has 1 saturated heterocycles. The summed E-state index contributed by atoms with van der Waals surface area (Å²) in [5.41, 5.74) is -2.07. The zero-order valence-electron chi connectivity index (χ0n) is 19.5. The molecule has 0 saturated carbocycles. The maximum Gasteiger partial charge on any atom is 0.408 e. The fraction of sp³-hybridized carbons (Fsp3) is 0.545. The number of hydrogen-bond donors (Lipinski definition) is 5. The predicted octanol–water partition coefficient (Wildman–Crippen LogP) is 0.114. The van der Waals surface area contributed by atoms with Crippen molar-refractivity contribution in [3.8, 4) is 0 Å². The summed E-state index contributed by atoms with van der Waals surface area (Å²) in [5.74, 6) is -3.41. The average Bonchev–Trinajstić information content (AvgIpc) is 3.19. The second kappa shape index (κ2) is 12.6. The molecule has 1 unspecified atom stereocenters. The van der Waals surface area contributed by atoms with E-state index in [-0.39, 0.29) is 31.3 Å². The molecule has 0 aliphatic carbocycles. The summed E-state index contributed by atoms with van der Waals surface area (Å²) in [4.78, 5) is 49.9. The van der Waals surface area contributed by atoms with E-state index in [2.05, 4.69) is 16.0 Å². The zero-order chi connectivity index (χ0) is 26.2. The molecular weight excluding hydrogens is 482 g/mol. The summed E-state index contributed by atoms with van der Waals surface area (Å²) in [6.07, 6.45) is -0.695. The quantitative estimate of drug-likeness (QED) is 0.242. The lowest BCUT2D eigenvalue weighted by atomic mass is 9.95. The molecule has 1 aromatic carbocycles. The molecule has 0 radical (unpaired) electrons. The minimum Gasteiger partial charge on any atom is -0.445 e. The third-order valence-corrected chi connectivity index (χ3v) is 6.19. The van der Waals surface area contributed by atoms with Gasteiger partial charge in [-0.25, -0.2) is 4.79 Å². The molecule has 13 heteroatoms.